The molecule has 0 aliphatic heterocycles. The zero-order valence-corrected chi connectivity index (χ0v) is 17.9. The molecule has 1 heterocycles. The Hall–Kier alpha value is -3.17. The van der Waals surface area contributed by atoms with Crippen LogP contribution in [0.4, 0.5) is 0 Å². The fraction of sp³-hybridized carbons (Fsp3) is 0.250. The Kier molecular flexibility index (Phi) is 5.68. The average Bonchev–Trinajstić information content (AvgIpc) is 3.36. The highest BCUT2D eigenvalue weighted by atomic mass is 16.5. The highest BCUT2D eigenvalue weighted by Crippen LogP contribution is 2.40. The van der Waals surface area contributed by atoms with E-state index in [0.29, 0.717) is 5.92 Å². The van der Waals surface area contributed by atoms with Gasteiger partial charge in [-0.3, -0.25) is 0 Å². The van der Waals surface area contributed by atoms with Crippen LogP contribution in [0.1, 0.15) is 30.1 Å². The summed E-state index contributed by atoms with van der Waals surface area (Å²) in [4.78, 5) is 4.15. The van der Waals surface area contributed by atoms with Crippen molar-refractivity contribution in [1.82, 2.24) is 9.55 Å². The van der Waals surface area contributed by atoms with Gasteiger partial charge in [-0.25, -0.2) is 4.98 Å². The van der Waals surface area contributed by atoms with Crippen LogP contribution in [-0.2, 0) is 17.7 Å². The smallest absolute Gasteiger partial charge is 0.0945 e. The van der Waals surface area contributed by atoms with E-state index < -0.39 is 0 Å². The molecule has 3 aromatic carbocycles. The maximum absolute atomic E-state index is 5.99. The normalized spacial score (nSPS) is 18.0. The SMILES string of the molecule is COC1c2ccc(-c3ccc(-c4ccccc4)cc3)cc2CCC1CCn1ccnc1. The molecule has 156 valence electrons. The largest absolute Gasteiger partial charge is 0.376 e. The number of rotatable bonds is 6. The first kappa shape index (κ1) is 19.8. The molecule has 0 amide bonds. The van der Waals surface area contributed by atoms with E-state index >= 15 is 0 Å². The zero-order valence-electron chi connectivity index (χ0n) is 17.9. The lowest BCUT2D eigenvalue weighted by molar-refractivity contribution is 0.0352. The van der Waals surface area contributed by atoms with Crippen molar-refractivity contribution in [3.63, 3.8) is 0 Å². The topological polar surface area (TPSA) is 27.1 Å². The molecule has 3 heteroatoms. The van der Waals surface area contributed by atoms with Gasteiger partial charge in [-0.15, -0.1) is 0 Å². The van der Waals surface area contributed by atoms with E-state index in [4.69, 9.17) is 4.74 Å². The summed E-state index contributed by atoms with van der Waals surface area (Å²) >= 11 is 0. The summed E-state index contributed by atoms with van der Waals surface area (Å²) in [5.41, 5.74) is 7.83. The van der Waals surface area contributed by atoms with E-state index in [1.165, 1.54) is 33.4 Å². The Morgan fingerprint density at radius 2 is 1.61 bits per heavy atom. The molecule has 4 aromatic rings. The van der Waals surface area contributed by atoms with Gasteiger partial charge in [0.2, 0.25) is 0 Å². The first-order chi connectivity index (χ1) is 15.3. The van der Waals surface area contributed by atoms with Crippen molar-refractivity contribution in [1.29, 1.82) is 0 Å². The van der Waals surface area contributed by atoms with Gasteiger partial charge in [0, 0.05) is 26.0 Å². The summed E-state index contributed by atoms with van der Waals surface area (Å²) in [6.45, 7) is 0.992. The summed E-state index contributed by atoms with van der Waals surface area (Å²) in [5, 5.41) is 0. The number of methoxy groups -OCH3 is 1. The molecule has 2 unspecified atom stereocenters. The minimum Gasteiger partial charge on any atom is -0.376 e. The van der Waals surface area contributed by atoms with Crippen LogP contribution in [0.3, 0.4) is 0 Å². The summed E-state index contributed by atoms with van der Waals surface area (Å²) < 4.78 is 8.14. The second kappa shape index (κ2) is 8.91. The molecule has 1 aliphatic rings. The van der Waals surface area contributed by atoms with E-state index in [1.54, 1.807) is 0 Å². The van der Waals surface area contributed by atoms with Gasteiger partial charge < -0.3 is 9.30 Å². The Morgan fingerprint density at radius 1 is 0.903 bits per heavy atom. The van der Waals surface area contributed by atoms with Crippen molar-refractivity contribution in [2.75, 3.05) is 7.11 Å². The molecule has 2 atom stereocenters. The fourth-order valence-electron chi connectivity index (χ4n) is 4.86. The number of hydrogen-bond donors (Lipinski definition) is 0. The lowest BCUT2D eigenvalue weighted by Gasteiger charge is -2.33. The standard InChI is InChI=1S/C28H28N2O/c1-31-28-24(15-17-30-18-16-29-20-30)11-12-26-19-25(13-14-27(26)28)23-9-7-22(8-10-23)21-5-3-2-4-6-21/h2-10,13-14,16,18-20,24,28H,11-12,15,17H2,1H3. The third-order valence-corrected chi connectivity index (χ3v) is 6.56. The van der Waals surface area contributed by atoms with Crippen LogP contribution >= 0.6 is 0 Å². The molecule has 0 saturated heterocycles. The highest BCUT2D eigenvalue weighted by molar-refractivity contribution is 5.71. The summed E-state index contributed by atoms with van der Waals surface area (Å²) in [6, 6.07) is 26.3. The number of nitrogens with zero attached hydrogens (tertiary/aromatic N) is 2. The fourth-order valence-corrected chi connectivity index (χ4v) is 4.86. The van der Waals surface area contributed by atoms with Gasteiger partial charge in [0.25, 0.3) is 0 Å². The highest BCUT2D eigenvalue weighted by Gasteiger charge is 2.29. The van der Waals surface area contributed by atoms with Crippen LogP contribution in [0.15, 0.2) is 91.5 Å². The van der Waals surface area contributed by atoms with E-state index in [-0.39, 0.29) is 6.10 Å². The lowest BCUT2D eigenvalue weighted by atomic mass is 9.78. The van der Waals surface area contributed by atoms with Crippen molar-refractivity contribution < 1.29 is 4.74 Å². The Morgan fingerprint density at radius 3 is 2.32 bits per heavy atom. The maximum Gasteiger partial charge on any atom is 0.0945 e. The van der Waals surface area contributed by atoms with Crippen LogP contribution < -0.4 is 0 Å². The minimum absolute atomic E-state index is 0.168. The van der Waals surface area contributed by atoms with E-state index in [2.05, 4.69) is 82.3 Å². The third kappa shape index (κ3) is 4.19. The van der Waals surface area contributed by atoms with Crippen molar-refractivity contribution in [2.24, 2.45) is 5.92 Å². The molecule has 0 fully saturated rings. The molecule has 0 spiro atoms. The molecule has 5 rings (SSSR count). The Balaban J connectivity index is 1.35. The molecule has 31 heavy (non-hydrogen) atoms. The van der Waals surface area contributed by atoms with Crippen LogP contribution in [0.5, 0.6) is 0 Å². The number of benzene rings is 3. The summed E-state index contributed by atoms with van der Waals surface area (Å²) in [7, 11) is 1.85. The van der Waals surface area contributed by atoms with Gasteiger partial charge in [0.15, 0.2) is 0 Å². The van der Waals surface area contributed by atoms with E-state index in [9.17, 15) is 0 Å². The van der Waals surface area contributed by atoms with Gasteiger partial charge in [0.1, 0.15) is 0 Å². The van der Waals surface area contributed by atoms with E-state index in [0.717, 1.165) is 25.8 Å². The van der Waals surface area contributed by atoms with Crippen molar-refractivity contribution in [3.8, 4) is 22.3 Å². The van der Waals surface area contributed by atoms with Crippen LogP contribution in [0.2, 0.25) is 0 Å². The zero-order chi connectivity index (χ0) is 21.0. The van der Waals surface area contributed by atoms with E-state index in [1.807, 2.05) is 25.8 Å². The number of hydrogen-bond acceptors (Lipinski definition) is 2. The van der Waals surface area contributed by atoms with Crippen molar-refractivity contribution in [2.45, 2.75) is 31.9 Å². The number of fused-ring (bicyclic) bond motifs is 1. The van der Waals surface area contributed by atoms with Crippen LogP contribution in [0, 0.1) is 5.92 Å². The predicted molar refractivity (Wildman–Crippen MR) is 126 cm³/mol. The number of imidazole rings is 1. The Labute approximate surface area is 184 Å². The molecule has 3 nitrogen and oxygen atoms in total. The average molecular weight is 409 g/mol. The molecule has 0 radical (unpaired) electrons. The molecule has 0 bridgehead atoms. The quantitative estimate of drug-likeness (QED) is 0.361. The molecule has 1 aliphatic carbocycles. The van der Waals surface area contributed by atoms with Crippen LogP contribution in [0.25, 0.3) is 22.3 Å². The molecular weight excluding hydrogens is 380 g/mol. The molecule has 0 N–H and O–H groups in total. The second-order valence-corrected chi connectivity index (χ2v) is 8.40. The molecule has 1 aromatic heterocycles. The van der Waals surface area contributed by atoms with Gasteiger partial charge in [-0.05, 0) is 58.6 Å². The Bertz CT molecular complexity index is 1120. The van der Waals surface area contributed by atoms with Gasteiger partial charge in [-0.2, -0.15) is 0 Å². The molecular formula is C28H28N2O. The minimum atomic E-state index is 0.168. The van der Waals surface area contributed by atoms with Crippen molar-refractivity contribution in [3.05, 3.63) is 103 Å². The lowest BCUT2D eigenvalue weighted by Crippen LogP contribution is -2.23. The van der Waals surface area contributed by atoms with Gasteiger partial charge >= 0.3 is 0 Å². The number of aromatic nitrogens is 2. The van der Waals surface area contributed by atoms with Gasteiger partial charge in [-0.1, -0.05) is 72.8 Å². The summed E-state index contributed by atoms with van der Waals surface area (Å²) in [5.74, 6) is 0.538. The number of aryl methyl sites for hydroxylation is 2. The second-order valence-electron chi connectivity index (χ2n) is 8.40. The number of ether oxygens (including phenoxy) is 1. The third-order valence-electron chi connectivity index (χ3n) is 6.56. The first-order valence-electron chi connectivity index (χ1n) is 11.1. The summed E-state index contributed by atoms with van der Waals surface area (Å²) in [6.07, 6.45) is 9.33. The van der Waals surface area contributed by atoms with Crippen LogP contribution in [-0.4, -0.2) is 16.7 Å². The van der Waals surface area contributed by atoms with Gasteiger partial charge in [0.05, 0.1) is 12.4 Å². The predicted octanol–water partition coefficient (Wildman–Crippen LogP) is 6.56. The molecule has 0 saturated carbocycles. The monoisotopic (exact) mass is 408 g/mol. The first-order valence-corrected chi connectivity index (χ1v) is 11.1. The van der Waals surface area contributed by atoms with Crippen molar-refractivity contribution >= 4 is 0 Å². The maximum atomic E-state index is 5.99.